The van der Waals surface area contributed by atoms with Gasteiger partial charge in [0.05, 0.1) is 13.2 Å². The van der Waals surface area contributed by atoms with E-state index in [-0.39, 0.29) is 11.9 Å². The van der Waals surface area contributed by atoms with E-state index in [1.165, 1.54) is 6.42 Å². The third-order valence-electron chi connectivity index (χ3n) is 4.05. The van der Waals surface area contributed by atoms with Crippen LogP contribution in [0.5, 0.6) is 0 Å². The highest BCUT2D eigenvalue weighted by molar-refractivity contribution is 5.87. The Balaban J connectivity index is 1.58. The lowest BCUT2D eigenvalue weighted by molar-refractivity contribution is -0.130. The third-order valence-corrected chi connectivity index (χ3v) is 4.05. The van der Waals surface area contributed by atoms with Crippen molar-refractivity contribution in [2.45, 2.75) is 50.2 Å². The van der Waals surface area contributed by atoms with Gasteiger partial charge in [0.15, 0.2) is 0 Å². The molecule has 1 atom stereocenters. The minimum atomic E-state index is -0.477. The van der Waals surface area contributed by atoms with Crippen molar-refractivity contribution in [1.82, 2.24) is 15.5 Å². The van der Waals surface area contributed by atoms with E-state index in [2.05, 4.69) is 10.6 Å². The number of ether oxygens (including phenoxy) is 1. The lowest BCUT2D eigenvalue weighted by Gasteiger charge is -2.37. The first-order valence-electron chi connectivity index (χ1n) is 7.19. The van der Waals surface area contributed by atoms with Gasteiger partial charge < -0.3 is 20.3 Å². The van der Waals surface area contributed by atoms with Crippen LogP contribution >= 0.6 is 0 Å². The van der Waals surface area contributed by atoms with Crippen LogP contribution in [0.2, 0.25) is 0 Å². The summed E-state index contributed by atoms with van der Waals surface area (Å²) in [4.78, 5) is 25.9. The molecule has 0 aromatic rings. The Kier molecular flexibility index (Phi) is 3.59. The molecule has 1 saturated heterocycles. The Hall–Kier alpha value is -1.30. The number of carbonyl (C=O) groups is 2. The zero-order chi connectivity index (χ0) is 13.2. The molecule has 2 saturated carbocycles. The Morgan fingerprint density at radius 2 is 1.79 bits per heavy atom. The molecule has 1 heterocycles. The predicted molar refractivity (Wildman–Crippen MR) is 68.6 cm³/mol. The number of urea groups is 1. The molecule has 0 aromatic carbocycles. The SMILES string of the molecule is O=C(NC1CC1)C1COCCN1C(=O)NC1CCC1. The van der Waals surface area contributed by atoms with Crippen molar-refractivity contribution in [2.24, 2.45) is 0 Å². The van der Waals surface area contributed by atoms with Gasteiger partial charge in [0.1, 0.15) is 6.04 Å². The molecule has 3 fully saturated rings. The fraction of sp³-hybridized carbons (Fsp3) is 0.846. The number of morpholine rings is 1. The van der Waals surface area contributed by atoms with Crippen LogP contribution < -0.4 is 10.6 Å². The van der Waals surface area contributed by atoms with Gasteiger partial charge in [-0.15, -0.1) is 0 Å². The average molecular weight is 267 g/mol. The first-order chi connectivity index (χ1) is 9.24. The quantitative estimate of drug-likeness (QED) is 0.769. The molecule has 6 heteroatoms. The number of nitrogens with zero attached hydrogens (tertiary/aromatic N) is 1. The van der Waals surface area contributed by atoms with E-state index >= 15 is 0 Å². The predicted octanol–water partition coefficient (Wildman–Crippen LogP) is 0.228. The van der Waals surface area contributed by atoms with Gasteiger partial charge in [-0.3, -0.25) is 4.79 Å². The minimum Gasteiger partial charge on any atom is -0.377 e. The van der Waals surface area contributed by atoms with Crippen LogP contribution in [0.25, 0.3) is 0 Å². The topological polar surface area (TPSA) is 70.7 Å². The summed E-state index contributed by atoms with van der Waals surface area (Å²) in [6.45, 7) is 1.29. The molecule has 1 aliphatic heterocycles. The molecular formula is C13H21N3O3. The van der Waals surface area contributed by atoms with Gasteiger partial charge in [0, 0.05) is 18.6 Å². The summed E-state index contributed by atoms with van der Waals surface area (Å²) in [5, 5.41) is 5.94. The third kappa shape index (κ3) is 3.00. The van der Waals surface area contributed by atoms with E-state index in [0.717, 1.165) is 25.7 Å². The first kappa shape index (κ1) is 12.7. The molecule has 0 spiro atoms. The van der Waals surface area contributed by atoms with E-state index < -0.39 is 6.04 Å². The van der Waals surface area contributed by atoms with Gasteiger partial charge in [0.25, 0.3) is 0 Å². The van der Waals surface area contributed by atoms with Gasteiger partial charge in [-0.25, -0.2) is 4.79 Å². The molecule has 2 N–H and O–H groups in total. The lowest BCUT2D eigenvalue weighted by Crippen LogP contribution is -2.60. The molecule has 106 valence electrons. The molecular weight excluding hydrogens is 246 g/mol. The molecule has 1 unspecified atom stereocenters. The van der Waals surface area contributed by atoms with E-state index in [9.17, 15) is 9.59 Å². The smallest absolute Gasteiger partial charge is 0.318 e. The van der Waals surface area contributed by atoms with Crippen LogP contribution in [0.15, 0.2) is 0 Å². The standard InChI is InChI=1S/C13H21N3O3/c17-12(14-10-4-5-10)11-8-19-7-6-16(11)13(18)15-9-2-1-3-9/h9-11H,1-8H2,(H,14,17)(H,15,18). The van der Waals surface area contributed by atoms with Gasteiger partial charge in [0.2, 0.25) is 5.91 Å². The van der Waals surface area contributed by atoms with Crippen molar-refractivity contribution in [3.63, 3.8) is 0 Å². The number of nitrogens with one attached hydrogen (secondary N) is 2. The molecule has 3 aliphatic rings. The summed E-state index contributed by atoms with van der Waals surface area (Å²) in [7, 11) is 0. The number of carbonyl (C=O) groups excluding carboxylic acids is 2. The van der Waals surface area contributed by atoms with Gasteiger partial charge >= 0.3 is 6.03 Å². The second-order valence-electron chi connectivity index (χ2n) is 5.64. The first-order valence-corrected chi connectivity index (χ1v) is 7.19. The monoisotopic (exact) mass is 267 g/mol. The fourth-order valence-electron chi connectivity index (χ4n) is 2.40. The maximum atomic E-state index is 12.2. The number of rotatable bonds is 3. The molecule has 6 nitrogen and oxygen atoms in total. The van der Waals surface area contributed by atoms with Crippen molar-refractivity contribution in [3.8, 4) is 0 Å². The number of hydrogen-bond acceptors (Lipinski definition) is 3. The lowest BCUT2D eigenvalue weighted by atomic mass is 9.93. The molecule has 19 heavy (non-hydrogen) atoms. The molecule has 2 aliphatic carbocycles. The number of hydrogen-bond donors (Lipinski definition) is 2. The van der Waals surface area contributed by atoms with E-state index in [1.807, 2.05) is 0 Å². The Bertz CT molecular complexity index is 366. The zero-order valence-electron chi connectivity index (χ0n) is 11.1. The van der Waals surface area contributed by atoms with Crippen molar-refractivity contribution in [1.29, 1.82) is 0 Å². The molecule has 3 rings (SSSR count). The number of amides is 3. The van der Waals surface area contributed by atoms with E-state index in [1.54, 1.807) is 4.90 Å². The van der Waals surface area contributed by atoms with Crippen LogP contribution in [0, 0.1) is 0 Å². The Morgan fingerprint density at radius 3 is 2.42 bits per heavy atom. The molecule has 0 bridgehead atoms. The van der Waals surface area contributed by atoms with E-state index in [0.29, 0.717) is 31.8 Å². The summed E-state index contributed by atoms with van der Waals surface area (Å²) < 4.78 is 5.35. The molecule has 0 radical (unpaired) electrons. The van der Waals surface area contributed by atoms with Crippen LogP contribution in [0.1, 0.15) is 32.1 Å². The average Bonchev–Trinajstić information content (AvgIpc) is 3.17. The van der Waals surface area contributed by atoms with Crippen molar-refractivity contribution in [3.05, 3.63) is 0 Å². The second kappa shape index (κ2) is 5.36. The summed E-state index contributed by atoms with van der Waals surface area (Å²) in [5.41, 5.74) is 0. The maximum Gasteiger partial charge on any atom is 0.318 e. The minimum absolute atomic E-state index is 0.0778. The van der Waals surface area contributed by atoms with Crippen molar-refractivity contribution in [2.75, 3.05) is 19.8 Å². The zero-order valence-corrected chi connectivity index (χ0v) is 11.1. The Labute approximate surface area is 112 Å². The summed E-state index contributed by atoms with van der Waals surface area (Å²) >= 11 is 0. The summed E-state index contributed by atoms with van der Waals surface area (Å²) in [6.07, 6.45) is 5.38. The summed E-state index contributed by atoms with van der Waals surface area (Å²) in [6, 6.07) is 0.00633. The largest absolute Gasteiger partial charge is 0.377 e. The highest BCUT2D eigenvalue weighted by atomic mass is 16.5. The fourth-order valence-corrected chi connectivity index (χ4v) is 2.40. The van der Waals surface area contributed by atoms with Crippen LogP contribution in [0.4, 0.5) is 4.79 Å². The van der Waals surface area contributed by atoms with Crippen LogP contribution in [-0.4, -0.2) is 54.7 Å². The highest BCUT2D eigenvalue weighted by Crippen LogP contribution is 2.21. The molecule has 3 amide bonds. The Morgan fingerprint density at radius 1 is 1.05 bits per heavy atom. The maximum absolute atomic E-state index is 12.2. The van der Waals surface area contributed by atoms with Crippen molar-refractivity contribution < 1.29 is 14.3 Å². The van der Waals surface area contributed by atoms with Crippen LogP contribution in [0.3, 0.4) is 0 Å². The van der Waals surface area contributed by atoms with Crippen molar-refractivity contribution >= 4 is 11.9 Å². The van der Waals surface area contributed by atoms with Gasteiger partial charge in [-0.2, -0.15) is 0 Å². The normalized spacial score (nSPS) is 27.6. The molecule has 0 aromatic heterocycles. The summed E-state index contributed by atoms with van der Waals surface area (Å²) in [5.74, 6) is -0.0778. The van der Waals surface area contributed by atoms with Gasteiger partial charge in [-0.1, -0.05) is 0 Å². The van der Waals surface area contributed by atoms with Gasteiger partial charge in [-0.05, 0) is 32.1 Å². The second-order valence-corrected chi connectivity index (χ2v) is 5.64. The van der Waals surface area contributed by atoms with E-state index in [4.69, 9.17) is 4.74 Å². The van der Waals surface area contributed by atoms with Crippen LogP contribution in [-0.2, 0) is 9.53 Å². The highest BCUT2D eigenvalue weighted by Gasteiger charge is 2.36.